The molecule has 2 aliphatic rings. The van der Waals surface area contributed by atoms with Crippen LogP contribution < -0.4 is 4.72 Å². The number of rotatable bonds is 3. The monoisotopic (exact) mass is 344 g/mol. The lowest BCUT2D eigenvalue weighted by Gasteiger charge is -2.32. The summed E-state index contributed by atoms with van der Waals surface area (Å²) < 4.78 is 31.5. The van der Waals surface area contributed by atoms with E-state index in [0.29, 0.717) is 13.2 Å². The highest BCUT2D eigenvalue weighted by molar-refractivity contribution is 7.88. The molecule has 122 valence electrons. The third-order valence-corrected chi connectivity index (χ3v) is 5.94. The standard InChI is InChI=1S/C14H20N2O4S2/c1-9-5-7-21-13(9)14(17)16-8-10(15-22(2,18)19)12-11(16)4-3-6-20-12/h5,7,10-12,15H,3-4,6,8H2,1-2H3/t10-,11-,12-/m1/s1. The average molecular weight is 344 g/mol. The van der Waals surface area contributed by atoms with Crippen molar-refractivity contribution in [1.29, 1.82) is 0 Å². The van der Waals surface area contributed by atoms with E-state index in [9.17, 15) is 13.2 Å². The number of nitrogens with one attached hydrogen (secondary N) is 1. The predicted molar refractivity (Wildman–Crippen MR) is 84.6 cm³/mol. The molecular weight excluding hydrogens is 324 g/mol. The van der Waals surface area contributed by atoms with Crippen LogP contribution in [0.3, 0.4) is 0 Å². The normalized spacial score (nSPS) is 28.6. The first kappa shape index (κ1) is 15.9. The van der Waals surface area contributed by atoms with E-state index in [1.807, 2.05) is 18.4 Å². The number of fused-ring (bicyclic) bond motifs is 1. The maximum atomic E-state index is 12.8. The fourth-order valence-electron chi connectivity index (χ4n) is 3.29. The molecule has 1 aromatic rings. The van der Waals surface area contributed by atoms with Crippen molar-refractivity contribution in [1.82, 2.24) is 9.62 Å². The molecule has 1 amide bonds. The lowest BCUT2D eigenvalue weighted by atomic mass is 10.0. The number of aryl methyl sites for hydroxylation is 1. The Kier molecular flexibility index (Phi) is 4.28. The van der Waals surface area contributed by atoms with Crippen molar-refractivity contribution in [3.63, 3.8) is 0 Å². The fourth-order valence-corrected chi connectivity index (χ4v) is 4.93. The number of carbonyl (C=O) groups excluding carboxylic acids is 1. The Balaban J connectivity index is 1.85. The number of sulfonamides is 1. The Bertz CT molecular complexity index is 670. The van der Waals surface area contributed by atoms with E-state index in [1.54, 1.807) is 4.90 Å². The molecule has 1 aromatic heterocycles. The van der Waals surface area contributed by atoms with Gasteiger partial charge < -0.3 is 9.64 Å². The second-order valence-corrected chi connectivity index (χ2v) is 8.63. The van der Waals surface area contributed by atoms with E-state index in [2.05, 4.69) is 4.72 Å². The summed E-state index contributed by atoms with van der Waals surface area (Å²) in [6, 6.07) is 1.50. The quantitative estimate of drug-likeness (QED) is 0.887. The van der Waals surface area contributed by atoms with E-state index in [-0.39, 0.29) is 24.1 Å². The summed E-state index contributed by atoms with van der Waals surface area (Å²) in [6.07, 6.45) is 2.62. The molecule has 0 aliphatic carbocycles. The van der Waals surface area contributed by atoms with Gasteiger partial charge in [-0.05, 0) is 36.8 Å². The maximum absolute atomic E-state index is 12.8. The Labute approximate surface area is 134 Å². The summed E-state index contributed by atoms with van der Waals surface area (Å²) in [6.45, 7) is 2.89. The van der Waals surface area contributed by atoms with Gasteiger partial charge in [0.1, 0.15) is 0 Å². The Hall–Kier alpha value is -0.960. The first-order chi connectivity index (χ1) is 10.4. The molecule has 8 heteroatoms. The predicted octanol–water partition coefficient (Wildman–Crippen LogP) is 0.978. The maximum Gasteiger partial charge on any atom is 0.264 e. The number of nitrogens with zero attached hydrogens (tertiary/aromatic N) is 1. The zero-order chi connectivity index (χ0) is 15.9. The van der Waals surface area contributed by atoms with Crippen LogP contribution in [0.25, 0.3) is 0 Å². The largest absolute Gasteiger partial charge is 0.374 e. The highest BCUT2D eigenvalue weighted by atomic mass is 32.2. The van der Waals surface area contributed by atoms with Gasteiger partial charge in [0.2, 0.25) is 10.0 Å². The van der Waals surface area contributed by atoms with Crippen molar-refractivity contribution in [2.45, 2.75) is 38.0 Å². The van der Waals surface area contributed by atoms with E-state index >= 15 is 0 Å². The minimum atomic E-state index is -3.33. The molecule has 2 aliphatic heterocycles. The first-order valence-corrected chi connectivity index (χ1v) is 10.1. The topological polar surface area (TPSA) is 75.7 Å². The first-order valence-electron chi connectivity index (χ1n) is 7.31. The van der Waals surface area contributed by atoms with Gasteiger partial charge in [-0.15, -0.1) is 11.3 Å². The van der Waals surface area contributed by atoms with Gasteiger partial charge in [0, 0.05) is 13.2 Å². The summed E-state index contributed by atoms with van der Waals surface area (Å²) in [7, 11) is -3.33. The summed E-state index contributed by atoms with van der Waals surface area (Å²) >= 11 is 1.43. The molecule has 1 N–H and O–H groups in total. The van der Waals surface area contributed by atoms with Crippen LogP contribution in [0.15, 0.2) is 11.4 Å². The van der Waals surface area contributed by atoms with E-state index in [1.165, 1.54) is 11.3 Å². The SMILES string of the molecule is Cc1ccsc1C(=O)N1C[C@@H](NS(C)(=O)=O)[C@H]2OCCC[C@H]21. The summed E-state index contributed by atoms with van der Waals surface area (Å²) in [5.41, 5.74) is 0.961. The molecule has 3 heterocycles. The van der Waals surface area contributed by atoms with Crippen LogP contribution in [0, 0.1) is 6.92 Å². The average Bonchev–Trinajstić information content (AvgIpc) is 3.01. The van der Waals surface area contributed by atoms with Crippen molar-refractivity contribution in [3.05, 3.63) is 21.9 Å². The van der Waals surface area contributed by atoms with Crippen molar-refractivity contribution in [2.24, 2.45) is 0 Å². The third-order valence-electron chi connectivity index (χ3n) is 4.21. The highest BCUT2D eigenvalue weighted by Gasteiger charge is 2.47. The second kappa shape index (κ2) is 5.92. The summed E-state index contributed by atoms with van der Waals surface area (Å²) in [5, 5.41) is 1.90. The van der Waals surface area contributed by atoms with Crippen LogP contribution in [0.1, 0.15) is 28.1 Å². The lowest BCUT2D eigenvalue weighted by Crippen LogP contribution is -2.47. The van der Waals surface area contributed by atoms with Gasteiger partial charge in [0.15, 0.2) is 0 Å². The molecule has 0 radical (unpaired) electrons. The number of hydrogen-bond acceptors (Lipinski definition) is 5. The van der Waals surface area contributed by atoms with E-state index in [4.69, 9.17) is 4.74 Å². The summed E-state index contributed by atoms with van der Waals surface area (Å²) in [4.78, 5) is 15.3. The van der Waals surface area contributed by atoms with Crippen LogP contribution in [0.4, 0.5) is 0 Å². The van der Waals surface area contributed by atoms with Crippen molar-refractivity contribution < 1.29 is 17.9 Å². The molecule has 3 rings (SSSR count). The van der Waals surface area contributed by atoms with Gasteiger partial charge >= 0.3 is 0 Å². The third kappa shape index (κ3) is 3.05. The molecule has 6 nitrogen and oxygen atoms in total. The van der Waals surface area contributed by atoms with Gasteiger partial charge in [-0.1, -0.05) is 0 Å². The summed E-state index contributed by atoms with van der Waals surface area (Å²) in [5.74, 6) is -0.0224. The Morgan fingerprint density at radius 2 is 2.27 bits per heavy atom. The zero-order valence-electron chi connectivity index (χ0n) is 12.6. The van der Waals surface area contributed by atoms with Crippen molar-refractivity contribution in [2.75, 3.05) is 19.4 Å². The zero-order valence-corrected chi connectivity index (χ0v) is 14.2. The molecule has 22 heavy (non-hydrogen) atoms. The van der Waals surface area contributed by atoms with Gasteiger partial charge in [0.25, 0.3) is 5.91 Å². The molecule has 2 saturated heterocycles. The van der Waals surface area contributed by atoms with Crippen LogP contribution in [-0.4, -0.2) is 56.8 Å². The van der Waals surface area contributed by atoms with Crippen LogP contribution in [0.2, 0.25) is 0 Å². The van der Waals surface area contributed by atoms with Crippen LogP contribution in [0.5, 0.6) is 0 Å². The molecule has 0 spiro atoms. The molecule has 0 bridgehead atoms. The van der Waals surface area contributed by atoms with Gasteiger partial charge in [-0.2, -0.15) is 0 Å². The molecule has 2 fully saturated rings. The Morgan fingerprint density at radius 1 is 1.50 bits per heavy atom. The van der Waals surface area contributed by atoms with Gasteiger partial charge in [-0.3, -0.25) is 4.79 Å². The Morgan fingerprint density at radius 3 is 2.91 bits per heavy atom. The number of hydrogen-bond donors (Lipinski definition) is 1. The molecular formula is C14H20N2O4S2. The van der Waals surface area contributed by atoms with Gasteiger partial charge in [0.05, 0.1) is 29.3 Å². The number of ether oxygens (including phenoxy) is 1. The minimum absolute atomic E-state index is 0.0224. The fraction of sp³-hybridized carbons (Fsp3) is 0.643. The molecule has 3 atom stereocenters. The molecule has 0 saturated carbocycles. The molecule has 0 unspecified atom stereocenters. The van der Waals surface area contributed by atoms with E-state index < -0.39 is 10.0 Å². The van der Waals surface area contributed by atoms with E-state index in [0.717, 1.165) is 29.5 Å². The van der Waals surface area contributed by atoms with Crippen molar-refractivity contribution >= 4 is 27.3 Å². The number of thiophene rings is 1. The smallest absolute Gasteiger partial charge is 0.264 e. The minimum Gasteiger partial charge on any atom is -0.374 e. The number of carbonyl (C=O) groups is 1. The highest BCUT2D eigenvalue weighted by Crippen LogP contribution is 2.32. The van der Waals surface area contributed by atoms with Crippen LogP contribution in [-0.2, 0) is 14.8 Å². The number of amides is 1. The lowest BCUT2D eigenvalue weighted by molar-refractivity contribution is -0.0155. The van der Waals surface area contributed by atoms with Crippen LogP contribution >= 0.6 is 11.3 Å². The second-order valence-electron chi connectivity index (χ2n) is 5.93. The van der Waals surface area contributed by atoms with Crippen molar-refractivity contribution in [3.8, 4) is 0 Å². The molecule has 0 aromatic carbocycles. The van der Waals surface area contributed by atoms with Gasteiger partial charge in [-0.25, -0.2) is 13.1 Å². The number of likely N-dealkylation sites (tertiary alicyclic amines) is 1.